The average molecular weight is 299 g/mol. The fraction of sp³-hybridized carbons (Fsp3) is 0.714. The number of hydrogen-bond acceptors (Lipinski definition) is 4. The molecule has 0 bridgehead atoms. The number of carboxylic acid groups (broad SMARTS) is 1. The number of hydrogen-bond donors (Lipinski definition) is 1. The van der Waals surface area contributed by atoms with E-state index < -0.39 is 5.97 Å². The van der Waals surface area contributed by atoms with Gasteiger partial charge in [-0.1, -0.05) is 32.5 Å². The molecule has 1 N–H and O–H groups in total. The molecule has 1 aromatic heterocycles. The van der Waals surface area contributed by atoms with Gasteiger partial charge in [-0.15, -0.1) is 0 Å². The van der Waals surface area contributed by atoms with Crippen molar-refractivity contribution in [2.24, 2.45) is 0 Å². The van der Waals surface area contributed by atoms with E-state index in [1.54, 1.807) is 0 Å². The van der Waals surface area contributed by atoms with E-state index in [4.69, 9.17) is 5.11 Å². The smallest absolute Gasteiger partial charge is 0.313 e. The van der Waals surface area contributed by atoms with Gasteiger partial charge in [0.2, 0.25) is 0 Å². The van der Waals surface area contributed by atoms with Crippen LogP contribution < -0.4 is 0 Å². The van der Waals surface area contributed by atoms with Crippen LogP contribution in [0.5, 0.6) is 0 Å². The highest BCUT2D eigenvalue weighted by atomic mass is 32.2. The van der Waals surface area contributed by atoms with Crippen molar-refractivity contribution < 1.29 is 9.90 Å². The third-order valence-electron chi connectivity index (χ3n) is 2.90. The van der Waals surface area contributed by atoms with Crippen LogP contribution in [0.1, 0.15) is 32.9 Å². The van der Waals surface area contributed by atoms with E-state index in [1.807, 2.05) is 6.20 Å². The first-order valence-corrected chi connectivity index (χ1v) is 7.75. The summed E-state index contributed by atoms with van der Waals surface area (Å²) in [6.07, 6.45) is 2.90. The van der Waals surface area contributed by atoms with Crippen LogP contribution in [-0.2, 0) is 16.8 Å². The Labute approximate surface area is 125 Å². The van der Waals surface area contributed by atoms with Gasteiger partial charge in [-0.05, 0) is 27.1 Å². The SMILES string of the molecule is CN(C)CCCn1c(C(C)(C)C)cnc1SCC(=O)O. The van der Waals surface area contributed by atoms with E-state index in [0.717, 1.165) is 30.4 Å². The molecule has 0 radical (unpaired) electrons. The maximum atomic E-state index is 10.7. The Hall–Kier alpha value is -1.01. The molecule has 1 heterocycles. The van der Waals surface area contributed by atoms with Gasteiger partial charge in [0.15, 0.2) is 5.16 Å². The summed E-state index contributed by atoms with van der Waals surface area (Å²) in [7, 11) is 4.11. The first kappa shape index (κ1) is 17.0. The second kappa shape index (κ2) is 7.13. The van der Waals surface area contributed by atoms with Crippen LogP contribution in [0, 0.1) is 0 Å². The Balaban J connectivity index is 2.88. The molecule has 0 amide bonds. The van der Waals surface area contributed by atoms with Gasteiger partial charge in [-0.3, -0.25) is 4.79 Å². The maximum Gasteiger partial charge on any atom is 0.313 e. The highest BCUT2D eigenvalue weighted by Crippen LogP contribution is 2.27. The second-order valence-electron chi connectivity index (χ2n) is 6.17. The Morgan fingerprint density at radius 3 is 2.60 bits per heavy atom. The number of thioether (sulfide) groups is 1. The fourth-order valence-corrected chi connectivity index (χ4v) is 2.69. The lowest BCUT2D eigenvalue weighted by molar-refractivity contribution is -0.133. The summed E-state index contributed by atoms with van der Waals surface area (Å²) < 4.78 is 2.16. The highest BCUT2D eigenvalue weighted by Gasteiger charge is 2.22. The Morgan fingerprint density at radius 2 is 2.10 bits per heavy atom. The zero-order chi connectivity index (χ0) is 15.3. The normalized spacial score (nSPS) is 12.1. The molecule has 0 fully saturated rings. The van der Waals surface area contributed by atoms with Crippen molar-refractivity contribution >= 4 is 17.7 Å². The third-order valence-corrected chi connectivity index (χ3v) is 3.87. The molecule has 0 aliphatic rings. The molecule has 1 rings (SSSR count). The molecule has 0 unspecified atom stereocenters. The first-order chi connectivity index (χ1) is 9.21. The molecule has 0 atom stereocenters. The van der Waals surface area contributed by atoms with Crippen LogP contribution in [0.4, 0.5) is 0 Å². The molecule has 0 saturated carbocycles. The van der Waals surface area contributed by atoms with Crippen LogP contribution in [0.2, 0.25) is 0 Å². The molecule has 1 aromatic rings. The minimum Gasteiger partial charge on any atom is -0.481 e. The van der Waals surface area contributed by atoms with Crippen LogP contribution in [0.25, 0.3) is 0 Å². The summed E-state index contributed by atoms with van der Waals surface area (Å²) in [6, 6.07) is 0. The molecule has 114 valence electrons. The van der Waals surface area contributed by atoms with Crippen LogP contribution in [0.15, 0.2) is 11.4 Å². The summed E-state index contributed by atoms with van der Waals surface area (Å²) in [5, 5.41) is 9.62. The molecule has 0 saturated heterocycles. The lowest BCUT2D eigenvalue weighted by Crippen LogP contribution is -2.21. The number of nitrogens with zero attached hydrogens (tertiary/aromatic N) is 3. The minimum absolute atomic E-state index is 0.00709. The topological polar surface area (TPSA) is 58.4 Å². The van der Waals surface area contributed by atoms with E-state index in [0.29, 0.717) is 0 Å². The number of aliphatic carboxylic acids is 1. The van der Waals surface area contributed by atoms with Gasteiger partial charge in [0.25, 0.3) is 0 Å². The van der Waals surface area contributed by atoms with Gasteiger partial charge in [0, 0.05) is 23.9 Å². The fourth-order valence-electron chi connectivity index (χ4n) is 1.96. The van der Waals surface area contributed by atoms with Gasteiger partial charge < -0.3 is 14.6 Å². The van der Waals surface area contributed by atoms with Crippen molar-refractivity contribution in [1.82, 2.24) is 14.5 Å². The molecular weight excluding hydrogens is 274 g/mol. The van der Waals surface area contributed by atoms with Crippen molar-refractivity contribution in [2.75, 3.05) is 26.4 Å². The summed E-state index contributed by atoms with van der Waals surface area (Å²) in [5.41, 5.74) is 1.16. The van der Waals surface area contributed by atoms with Crippen molar-refractivity contribution in [3.8, 4) is 0 Å². The third kappa shape index (κ3) is 5.17. The molecule has 0 aliphatic carbocycles. The van der Waals surface area contributed by atoms with E-state index in [2.05, 4.69) is 49.3 Å². The maximum absolute atomic E-state index is 10.7. The lowest BCUT2D eigenvalue weighted by Gasteiger charge is -2.22. The molecule has 0 aliphatic heterocycles. The second-order valence-corrected chi connectivity index (χ2v) is 7.11. The lowest BCUT2D eigenvalue weighted by atomic mass is 9.92. The first-order valence-electron chi connectivity index (χ1n) is 6.77. The molecule has 6 heteroatoms. The van der Waals surface area contributed by atoms with Crippen molar-refractivity contribution in [3.63, 3.8) is 0 Å². The molecular formula is C14H25N3O2S. The summed E-state index contributed by atoms with van der Waals surface area (Å²) in [4.78, 5) is 17.3. The Bertz CT molecular complexity index is 450. The standard InChI is InChI=1S/C14H25N3O2S/c1-14(2,3)11-9-15-13(20-10-12(18)19)17(11)8-6-7-16(4)5/h9H,6-8,10H2,1-5H3,(H,18,19). The predicted molar refractivity (Wildman–Crippen MR) is 82.5 cm³/mol. The Kier molecular flexibility index (Phi) is 6.07. The molecule has 0 aromatic carbocycles. The largest absolute Gasteiger partial charge is 0.481 e. The van der Waals surface area contributed by atoms with E-state index in [9.17, 15) is 4.79 Å². The Morgan fingerprint density at radius 1 is 1.45 bits per heavy atom. The average Bonchev–Trinajstić information content (AvgIpc) is 2.68. The molecule has 5 nitrogen and oxygen atoms in total. The number of carboxylic acids is 1. The van der Waals surface area contributed by atoms with Gasteiger partial charge in [-0.2, -0.15) is 0 Å². The summed E-state index contributed by atoms with van der Waals surface area (Å²) >= 11 is 1.29. The van der Waals surface area contributed by atoms with E-state index in [1.165, 1.54) is 11.8 Å². The van der Waals surface area contributed by atoms with Crippen molar-refractivity contribution in [1.29, 1.82) is 0 Å². The number of aromatic nitrogens is 2. The van der Waals surface area contributed by atoms with Gasteiger partial charge in [0.1, 0.15) is 0 Å². The number of rotatable bonds is 7. The highest BCUT2D eigenvalue weighted by molar-refractivity contribution is 7.99. The van der Waals surface area contributed by atoms with Crippen LogP contribution in [-0.4, -0.2) is 51.9 Å². The quantitative estimate of drug-likeness (QED) is 0.783. The summed E-state index contributed by atoms with van der Waals surface area (Å²) in [5.74, 6) is -0.760. The minimum atomic E-state index is -0.810. The zero-order valence-electron chi connectivity index (χ0n) is 13.0. The predicted octanol–water partition coefficient (Wildman–Crippen LogP) is 2.31. The van der Waals surface area contributed by atoms with Gasteiger partial charge in [0.05, 0.1) is 5.75 Å². The van der Waals surface area contributed by atoms with Crippen LogP contribution in [0.3, 0.4) is 0 Å². The zero-order valence-corrected chi connectivity index (χ0v) is 13.8. The van der Waals surface area contributed by atoms with Crippen molar-refractivity contribution in [2.45, 2.75) is 44.3 Å². The van der Waals surface area contributed by atoms with E-state index >= 15 is 0 Å². The monoisotopic (exact) mass is 299 g/mol. The summed E-state index contributed by atoms with van der Waals surface area (Å²) in [6.45, 7) is 8.33. The van der Waals surface area contributed by atoms with Crippen molar-refractivity contribution in [3.05, 3.63) is 11.9 Å². The van der Waals surface area contributed by atoms with E-state index in [-0.39, 0.29) is 11.2 Å². The number of imidazole rings is 1. The molecule has 20 heavy (non-hydrogen) atoms. The molecule has 0 spiro atoms. The van der Waals surface area contributed by atoms with Gasteiger partial charge >= 0.3 is 5.97 Å². The number of carbonyl (C=O) groups is 1. The van der Waals surface area contributed by atoms with Gasteiger partial charge in [-0.25, -0.2) is 4.98 Å². The van der Waals surface area contributed by atoms with Crippen LogP contribution >= 0.6 is 11.8 Å².